The molecule has 6 nitrogen and oxygen atoms in total. The molecule has 0 aliphatic heterocycles. The summed E-state index contributed by atoms with van der Waals surface area (Å²) in [5.41, 5.74) is 0.474. The molecule has 0 saturated heterocycles. The minimum atomic E-state index is -0.442. The summed E-state index contributed by atoms with van der Waals surface area (Å²) < 4.78 is 4.97. The van der Waals surface area contributed by atoms with Crippen LogP contribution in [0.15, 0.2) is 18.2 Å². The van der Waals surface area contributed by atoms with E-state index < -0.39 is 4.92 Å². The molecule has 0 heterocycles. The van der Waals surface area contributed by atoms with Crippen molar-refractivity contribution in [3.63, 3.8) is 0 Å². The van der Waals surface area contributed by atoms with Crippen molar-refractivity contribution in [2.75, 3.05) is 45.7 Å². The second-order valence-electron chi connectivity index (χ2n) is 4.14. The van der Waals surface area contributed by atoms with Gasteiger partial charge in [0, 0.05) is 37.8 Å². The van der Waals surface area contributed by atoms with Gasteiger partial charge in [-0.05, 0) is 19.2 Å². The van der Waals surface area contributed by atoms with E-state index in [1.54, 1.807) is 19.2 Å². The summed E-state index contributed by atoms with van der Waals surface area (Å²) in [6.07, 6.45) is 0. The number of halogens is 1. The summed E-state index contributed by atoms with van der Waals surface area (Å²) >= 11 is 5.75. The zero-order valence-corrected chi connectivity index (χ0v) is 11.8. The zero-order chi connectivity index (χ0) is 14.3. The molecule has 0 bridgehead atoms. The van der Waals surface area contributed by atoms with Gasteiger partial charge < -0.3 is 15.0 Å². The highest BCUT2D eigenvalue weighted by atomic mass is 35.5. The van der Waals surface area contributed by atoms with Crippen LogP contribution in [0, 0.1) is 10.1 Å². The Morgan fingerprint density at radius 3 is 2.84 bits per heavy atom. The number of benzene rings is 1. The third-order valence-corrected chi connectivity index (χ3v) is 2.88. The van der Waals surface area contributed by atoms with E-state index in [0.717, 1.165) is 13.1 Å². The van der Waals surface area contributed by atoms with Gasteiger partial charge in [-0.1, -0.05) is 11.6 Å². The van der Waals surface area contributed by atoms with Gasteiger partial charge in [-0.2, -0.15) is 0 Å². The van der Waals surface area contributed by atoms with Crippen LogP contribution in [0.5, 0.6) is 0 Å². The van der Waals surface area contributed by atoms with Gasteiger partial charge in [0.05, 0.1) is 11.5 Å². The number of nitrogens with zero attached hydrogens (tertiary/aromatic N) is 2. The van der Waals surface area contributed by atoms with E-state index in [-0.39, 0.29) is 5.69 Å². The van der Waals surface area contributed by atoms with Crippen LogP contribution >= 0.6 is 11.6 Å². The molecule has 0 fully saturated rings. The maximum absolute atomic E-state index is 10.9. The second kappa shape index (κ2) is 7.93. The number of hydrogen-bond donors (Lipinski definition) is 1. The number of rotatable bonds is 8. The highest BCUT2D eigenvalue weighted by molar-refractivity contribution is 6.30. The van der Waals surface area contributed by atoms with Gasteiger partial charge in [0.2, 0.25) is 0 Å². The first-order chi connectivity index (χ1) is 9.04. The lowest BCUT2D eigenvalue weighted by Crippen LogP contribution is -2.28. The summed E-state index contributed by atoms with van der Waals surface area (Å²) in [5.74, 6) is 0. The first-order valence-corrected chi connectivity index (χ1v) is 6.27. The van der Waals surface area contributed by atoms with Crippen molar-refractivity contribution in [2.45, 2.75) is 0 Å². The topological polar surface area (TPSA) is 67.6 Å². The maximum atomic E-state index is 10.9. The number of nitro benzene ring substituents is 1. The Hall–Kier alpha value is -1.37. The lowest BCUT2D eigenvalue weighted by atomic mass is 10.2. The second-order valence-corrected chi connectivity index (χ2v) is 4.58. The summed E-state index contributed by atoms with van der Waals surface area (Å²) in [7, 11) is 3.63. The molecule has 0 saturated carbocycles. The molecule has 1 rings (SSSR count). The molecule has 0 aliphatic rings. The Morgan fingerprint density at radius 1 is 1.47 bits per heavy atom. The zero-order valence-electron chi connectivity index (χ0n) is 11.1. The lowest BCUT2D eigenvalue weighted by molar-refractivity contribution is -0.383. The number of likely N-dealkylation sites (N-methyl/N-ethyl adjacent to an activating group) is 1. The van der Waals surface area contributed by atoms with Gasteiger partial charge in [-0.3, -0.25) is 10.1 Å². The fourth-order valence-electron chi connectivity index (χ4n) is 1.55. The molecular weight excluding hydrogens is 270 g/mol. The Morgan fingerprint density at radius 2 is 2.21 bits per heavy atom. The van der Waals surface area contributed by atoms with Crippen molar-refractivity contribution in [3.8, 4) is 0 Å². The number of ether oxygens (including phenoxy) is 1. The van der Waals surface area contributed by atoms with Crippen molar-refractivity contribution in [3.05, 3.63) is 33.3 Å². The molecule has 0 atom stereocenters. The minimum Gasteiger partial charge on any atom is -0.383 e. The van der Waals surface area contributed by atoms with Crippen molar-refractivity contribution in [2.24, 2.45) is 0 Å². The third kappa shape index (κ3) is 5.42. The molecule has 1 aromatic carbocycles. The van der Waals surface area contributed by atoms with Gasteiger partial charge >= 0.3 is 0 Å². The average Bonchev–Trinajstić information content (AvgIpc) is 2.37. The molecule has 0 aromatic heterocycles. The van der Waals surface area contributed by atoms with E-state index in [1.807, 2.05) is 7.05 Å². The molecule has 0 spiro atoms. The van der Waals surface area contributed by atoms with Crippen LogP contribution in [0.3, 0.4) is 0 Å². The van der Waals surface area contributed by atoms with E-state index in [0.29, 0.717) is 23.9 Å². The fraction of sp³-hybridized carbons (Fsp3) is 0.500. The normalized spacial score (nSPS) is 10.7. The van der Waals surface area contributed by atoms with Crippen LogP contribution in [-0.2, 0) is 4.74 Å². The van der Waals surface area contributed by atoms with Crippen molar-refractivity contribution in [1.29, 1.82) is 0 Å². The molecule has 0 aliphatic carbocycles. The summed E-state index contributed by atoms with van der Waals surface area (Å²) in [6, 6.07) is 4.60. The third-order valence-electron chi connectivity index (χ3n) is 2.64. The summed E-state index contributed by atoms with van der Waals surface area (Å²) in [5, 5.41) is 14.3. The molecule has 1 N–H and O–H groups in total. The van der Waals surface area contributed by atoms with Crippen LogP contribution in [-0.4, -0.2) is 50.2 Å². The first kappa shape index (κ1) is 15.7. The molecule has 0 amide bonds. The quantitative estimate of drug-likeness (QED) is 0.587. The Kier molecular flexibility index (Phi) is 6.55. The Balaban J connectivity index is 2.51. The van der Waals surface area contributed by atoms with Gasteiger partial charge in [-0.15, -0.1) is 0 Å². The number of methoxy groups -OCH3 is 1. The molecular formula is C12H18ClN3O3. The lowest BCUT2D eigenvalue weighted by Gasteiger charge is -2.16. The van der Waals surface area contributed by atoms with E-state index >= 15 is 0 Å². The van der Waals surface area contributed by atoms with Gasteiger partial charge in [0.15, 0.2) is 0 Å². The number of nitro groups is 1. The number of anilines is 1. The van der Waals surface area contributed by atoms with E-state index in [2.05, 4.69) is 10.2 Å². The Labute approximate surface area is 117 Å². The van der Waals surface area contributed by atoms with Gasteiger partial charge in [0.1, 0.15) is 5.69 Å². The fourth-order valence-corrected chi connectivity index (χ4v) is 1.71. The number of nitrogens with one attached hydrogen (secondary N) is 1. The highest BCUT2D eigenvalue weighted by Gasteiger charge is 2.13. The predicted molar refractivity (Wildman–Crippen MR) is 76.0 cm³/mol. The summed E-state index contributed by atoms with van der Waals surface area (Å²) in [6.45, 7) is 2.87. The van der Waals surface area contributed by atoms with E-state index in [9.17, 15) is 10.1 Å². The van der Waals surface area contributed by atoms with Crippen molar-refractivity contribution in [1.82, 2.24) is 4.90 Å². The molecule has 7 heteroatoms. The van der Waals surface area contributed by atoms with Crippen LogP contribution in [0.25, 0.3) is 0 Å². The van der Waals surface area contributed by atoms with E-state index in [4.69, 9.17) is 16.3 Å². The largest absolute Gasteiger partial charge is 0.383 e. The number of hydrogen-bond acceptors (Lipinski definition) is 5. The highest BCUT2D eigenvalue weighted by Crippen LogP contribution is 2.27. The van der Waals surface area contributed by atoms with Crippen LogP contribution in [0.1, 0.15) is 0 Å². The van der Waals surface area contributed by atoms with Crippen molar-refractivity contribution >= 4 is 23.0 Å². The van der Waals surface area contributed by atoms with Gasteiger partial charge in [-0.25, -0.2) is 0 Å². The van der Waals surface area contributed by atoms with E-state index in [1.165, 1.54) is 6.07 Å². The summed E-state index contributed by atoms with van der Waals surface area (Å²) in [4.78, 5) is 12.5. The van der Waals surface area contributed by atoms with Crippen LogP contribution in [0.4, 0.5) is 11.4 Å². The van der Waals surface area contributed by atoms with Gasteiger partial charge in [0.25, 0.3) is 5.69 Å². The SMILES string of the molecule is COCCN(C)CCNc1ccc(Cl)cc1[N+](=O)[O-]. The monoisotopic (exact) mass is 287 g/mol. The molecule has 19 heavy (non-hydrogen) atoms. The smallest absolute Gasteiger partial charge is 0.293 e. The molecule has 0 unspecified atom stereocenters. The molecule has 106 valence electrons. The van der Waals surface area contributed by atoms with Crippen LogP contribution in [0.2, 0.25) is 5.02 Å². The van der Waals surface area contributed by atoms with Crippen LogP contribution < -0.4 is 5.32 Å². The molecule has 0 radical (unpaired) electrons. The van der Waals surface area contributed by atoms with Crippen molar-refractivity contribution < 1.29 is 9.66 Å². The standard InChI is InChI=1S/C12H18ClN3O3/c1-15(7-8-19-2)6-5-14-11-4-3-10(13)9-12(11)16(17)18/h3-4,9,14H,5-8H2,1-2H3. The Bertz CT molecular complexity index is 429. The average molecular weight is 288 g/mol. The molecule has 1 aromatic rings. The first-order valence-electron chi connectivity index (χ1n) is 5.90. The maximum Gasteiger partial charge on any atom is 0.293 e. The predicted octanol–water partition coefficient (Wildman–Crippen LogP) is 2.24. The minimum absolute atomic E-state index is 0.00737.